The molecular weight excluding hydrogens is 264 g/mol. The Morgan fingerprint density at radius 1 is 1.63 bits per heavy atom. The Morgan fingerprint density at radius 3 is 2.79 bits per heavy atom. The highest BCUT2D eigenvalue weighted by molar-refractivity contribution is 7.11. The highest BCUT2D eigenvalue weighted by atomic mass is 32.1. The SMILES string of the molecule is CCc1cnc(CNC(=O)C(C)(CC)C(N)=NO)s1. The van der Waals surface area contributed by atoms with E-state index in [1.807, 2.05) is 13.1 Å². The molecule has 0 aliphatic carbocycles. The lowest BCUT2D eigenvalue weighted by molar-refractivity contribution is -0.127. The van der Waals surface area contributed by atoms with E-state index in [4.69, 9.17) is 10.9 Å². The van der Waals surface area contributed by atoms with E-state index in [-0.39, 0.29) is 11.7 Å². The number of rotatable bonds is 6. The lowest BCUT2D eigenvalue weighted by atomic mass is 9.85. The van der Waals surface area contributed by atoms with Crippen LogP contribution in [0.1, 0.15) is 37.1 Å². The van der Waals surface area contributed by atoms with Gasteiger partial charge in [0.25, 0.3) is 0 Å². The number of carbonyl (C=O) groups excluding carboxylic acids is 1. The van der Waals surface area contributed by atoms with Gasteiger partial charge in [0.2, 0.25) is 5.91 Å². The molecule has 0 bridgehead atoms. The summed E-state index contributed by atoms with van der Waals surface area (Å²) < 4.78 is 0. The van der Waals surface area contributed by atoms with Crippen molar-refractivity contribution in [3.8, 4) is 0 Å². The van der Waals surface area contributed by atoms with Gasteiger partial charge in [0.15, 0.2) is 5.84 Å². The number of hydrogen-bond donors (Lipinski definition) is 3. The summed E-state index contributed by atoms with van der Waals surface area (Å²) in [7, 11) is 0. The van der Waals surface area contributed by atoms with Gasteiger partial charge < -0.3 is 16.3 Å². The van der Waals surface area contributed by atoms with E-state index >= 15 is 0 Å². The molecule has 0 aliphatic rings. The maximum atomic E-state index is 12.1. The number of thiazole rings is 1. The Kier molecular flexibility index (Phi) is 5.29. The van der Waals surface area contributed by atoms with Gasteiger partial charge in [0.05, 0.1) is 6.54 Å². The number of oxime groups is 1. The maximum Gasteiger partial charge on any atom is 0.234 e. The van der Waals surface area contributed by atoms with Gasteiger partial charge in [-0.1, -0.05) is 19.0 Å². The van der Waals surface area contributed by atoms with Crippen LogP contribution < -0.4 is 11.1 Å². The van der Waals surface area contributed by atoms with Crippen LogP contribution in [0.15, 0.2) is 11.4 Å². The van der Waals surface area contributed by atoms with E-state index < -0.39 is 5.41 Å². The second-order valence-electron chi connectivity index (χ2n) is 4.43. The van der Waals surface area contributed by atoms with Crippen molar-refractivity contribution in [2.24, 2.45) is 16.3 Å². The third-order valence-corrected chi connectivity index (χ3v) is 4.37. The summed E-state index contributed by atoms with van der Waals surface area (Å²) in [5.74, 6) is -0.348. The van der Waals surface area contributed by atoms with Crippen LogP contribution >= 0.6 is 11.3 Å². The first-order valence-electron chi connectivity index (χ1n) is 6.17. The van der Waals surface area contributed by atoms with Crippen molar-refractivity contribution in [2.75, 3.05) is 0 Å². The normalized spacial score (nSPS) is 15.0. The molecule has 1 heterocycles. The summed E-state index contributed by atoms with van der Waals surface area (Å²) in [5, 5.41) is 15.3. The zero-order valence-corrected chi connectivity index (χ0v) is 12.3. The fourth-order valence-electron chi connectivity index (χ4n) is 1.51. The van der Waals surface area contributed by atoms with Crippen molar-refractivity contribution in [1.82, 2.24) is 10.3 Å². The number of aryl methyl sites for hydroxylation is 1. The van der Waals surface area contributed by atoms with Crippen LogP contribution in [-0.4, -0.2) is 21.9 Å². The number of hydrogen-bond acceptors (Lipinski definition) is 5. The number of aromatic nitrogens is 1. The van der Waals surface area contributed by atoms with Gasteiger partial charge in [0, 0.05) is 11.1 Å². The first kappa shape index (κ1) is 15.4. The van der Waals surface area contributed by atoms with Crippen LogP contribution in [0.2, 0.25) is 0 Å². The van der Waals surface area contributed by atoms with E-state index in [0.29, 0.717) is 13.0 Å². The van der Waals surface area contributed by atoms with Crippen LogP contribution in [-0.2, 0) is 17.8 Å². The van der Waals surface area contributed by atoms with Crippen molar-refractivity contribution in [3.63, 3.8) is 0 Å². The monoisotopic (exact) mass is 284 g/mol. The van der Waals surface area contributed by atoms with Crippen LogP contribution in [0.5, 0.6) is 0 Å². The molecular formula is C12H20N4O2S. The Balaban J connectivity index is 2.68. The fourth-order valence-corrected chi connectivity index (χ4v) is 2.31. The molecule has 0 aliphatic heterocycles. The minimum atomic E-state index is -1.00. The first-order valence-corrected chi connectivity index (χ1v) is 6.99. The lowest BCUT2D eigenvalue weighted by Gasteiger charge is -2.24. The molecule has 1 aromatic rings. The van der Waals surface area contributed by atoms with Crippen molar-refractivity contribution < 1.29 is 10.0 Å². The molecule has 1 unspecified atom stereocenters. The van der Waals surface area contributed by atoms with Crippen LogP contribution in [0.25, 0.3) is 0 Å². The molecule has 0 saturated heterocycles. The summed E-state index contributed by atoms with van der Waals surface area (Å²) in [6.45, 7) is 5.88. The fraction of sp³-hybridized carbons (Fsp3) is 0.583. The molecule has 106 valence electrons. The quantitative estimate of drug-likeness (QED) is 0.319. The largest absolute Gasteiger partial charge is 0.409 e. The third kappa shape index (κ3) is 3.44. The topological polar surface area (TPSA) is 101 Å². The number of amidine groups is 1. The highest BCUT2D eigenvalue weighted by Gasteiger charge is 2.36. The molecule has 19 heavy (non-hydrogen) atoms. The van der Waals surface area contributed by atoms with Gasteiger partial charge in [-0.25, -0.2) is 4.98 Å². The Morgan fingerprint density at radius 2 is 2.32 bits per heavy atom. The van der Waals surface area contributed by atoms with Gasteiger partial charge in [0.1, 0.15) is 10.4 Å². The first-order chi connectivity index (χ1) is 8.97. The van der Waals surface area contributed by atoms with E-state index in [0.717, 1.165) is 11.4 Å². The minimum absolute atomic E-state index is 0.0825. The Labute approximate surface area is 116 Å². The van der Waals surface area contributed by atoms with Crippen molar-refractivity contribution in [3.05, 3.63) is 16.1 Å². The minimum Gasteiger partial charge on any atom is -0.409 e. The molecule has 0 saturated carbocycles. The van der Waals surface area contributed by atoms with Gasteiger partial charge in [-0.3, -0.25) is 4.79 Å². The molecule has 1 aromatic heterocycles. The predicted molar refractivity (Wildman–Crippen MR) is 75.1 cm³/mol. The van der Waals surface area contributed by atoms with Gasteiger partial charge >= 0.3 is 0 Å². The van der Waals surface area contributed by atoms with Crippen LogP contribution in [0.3, 0.4) is 0 Å². The van der Waals surface area contributed by atoms with E-state index in [1.54, 1.807) is 18.3 Å². The number of nitrogens with one attached hydrogen (secondary N) is 1. The summed E-state index contributed by atoms with van der Waals surface area (Å²) in [6, 6.07) is 0. The van der Waals surface area contributed by atoms with E-state index in [1.165, 1.54) is 4.88 Å². The molecule has 1 rings (SSSR count). The van der Waals surface area contributed by atoms with E-state index in [9.17, 15) is 4.79 Å². The second kappa shape index (κ2) is 6.51. The molecule has 1 amide bonds. The molecule has 7 heteroatoms. The Hall–Kier alpha value is -1.63. The zero-order valence-electron chi connectivity index (χ0n) is 11.4. The van der Waals surface area contributed by atoms with Gasteiger partial charge in [-0.15, -0.1) is 11.3 Å². The molecule has 0 aromatic carbocycles. The lowest BCUT2D eigenvalue weighted by Crippen LogP contribution is -2.47. The molecule has 0 radical (unpaired) electrons. The molecule has 6 nitrogen and oxygen atoms in total. The molecule has 0 spiro atoms. The highest BCUT2D eigenvalue weighted by Crippen LogP contribution is 2.22. The summed E-state index contributed by atoms with van der Waals surface area (Å²) >= 11 is 1.57. The number of nitrogens with zero attached hydrogens (tertiary/aromatic N) is 2. The van der Waals surface area contributed by atoms with Crippen LogP contribution in [0.4, 0.5) is 0 Å². The second-order valence-corrected chi connectivity index (χ2v) is 5.63. The zero-order chi connectivity index (χ0) is 14.5. The number of carbonyl (C=O) groups is 1. The van der Waals surface area contributed by atoms with Crippen molar-refractivity contribution >= 4 is 23.1 Å². The molecule has 1 atom stereocenters. The summed E-state index contributed by atoms with van der Waals surface area (Å²) in [4.78, 5) is 17.5. The standard InChI is InChI=1S/C12H20N4O2S/c1-4-8-6-14-9(19-8)7-15-11(17)12(3,5-2)10(13)16-18/h6,18H,4-5,7H2,1-3H3,(H2,13,16)(H,15,17). The number of amides is 1. The van der Waals surface area contributed by atoms with Gasteiger partial charge in [-0.2, -0.15) is 0 Å². The van der Waals surface area contributed by atoms with E-state index in [2.05, 4.69) is 22.4 Å². The molecule has 0 fully saturated rings. The smallest absolute Gasteiger partial charge is 0.234 e. The average Bonchev–Trinajstić information content (AvgIpc) is 2.90. The Bertz CT molecular complexity index is 472. The van der Waals surface area contributed by atoms with Gasteiger partial charge in [-0.05, 0) is 19.8 Å². The third-order valence-electron chi connectivity index (χ3n) is 3.23. The summed E-state index contributed by atoms with van der Waals surface area (Å²) in [5.41, 5.74) is 4.58. The molecule has 4 N–H and O–H groups in total. The predicted octanol–water partition coefficient (Wildman–Crippen LogP) is 1.48. The summed E-state index contributed by atoms with van der Waals surface area (Å²) in [6.07, 6.45) is 3.20. The van der Waals surface area contributed by atoms with Crippen molar-refractivity contribution in [2.45, 2.75) is 40.2 Å². The van der Waals surface area contributed by atoms with Crippen LogP contribution in [0, 0.1) is 5.41 Å². The van der Waals surface area contributed by atoms with Crippen molar-refractivity contribution in [1.29, 1.82) is 0 Å². The number of nitrogens with two attached hydrogens (primary N) is 1. The maximum absolute atomic E-state index is 12.1. The average molecular weight is 284 g/mol.